The van der Waals surface area contributed by atoms with E-state index in [1.165, 1.54) is 31.6 Å². The molecule has 0 atom stereocenters. The molecule has 1 heterocycles. The Bertz CT molecular complexity index is 1030. The molecule has 0 aliphatic rings. The van der Waals surface area contributed by atoms with Crippen LogP contribution in [0.5, 0.6) is 11.8 Å². The van der Waals surface area contributed by atoms with Crippen LogP contribution in [0.4, 0.5) is 10.7 Å². The lowest BCUT2D eigenvalue weighted by Gasteiger charge is -2.12. The average molecular weight is 438 g/mol. The number of allylic oxidation sites excluding steroid dienone is 1. The zero-order valence-electron chi connectivity index (χ0n) is 16.8. The summed E-state index contributed by atoms with van der Waals surface area (Å²) in [6.45, 7) is 5.47. The van der Waals surface area contributed by atoms with Crippen LogP contribution in [0.3, 0.4) is 0 Å². The third kappa shape index (κ3) is 6.56. The second-order valence-electron chi connectivity index (χ2n) is 5.65. The molecule has 0 spiro atoms. The minimum Gasteiger partial charge on any atom is -0.467 e. The number of hydroxylamine groups is 1. The van der Waals surface area contributed by atoms with Crippen molar-refractivity contribution in [1.82, 2.24) is 25.2 Å². The van der Waals surface area contributed by atoms with Crippen LogP contribution in [-0.2, 0) is 14.9 Å². The summed E-state index contributed by atoms with van der Waals surface area (Å²) < 4.78 is 37.5. The number of hydrogen-bond donors (Lipinski definition) is 3. The third-order valence-corrected chi connectivity index (χ3v) is 4.61. The van der Waals surface area contributed by atoms with E-state index in [0.717, 1.165) is 0 Å². The highest BCUT2D eigenvalue weighted by atomic mass is 32.2. The Morgan fingerprint density at radius 1 is 1.20 bits per heavy atom. The summed E-state index contributed by atoms with van der Waals surface area (Å²) in [5.74, 6) is 0.117. The highest BCUT2D eigenvalue weighted by Crippen LogP contribution is 2.23. The molecular weight excluding hydrogens is 416 g/mol. The number of sulfonamides is 1. The number of para-hydroxylation sites is 1. The molecule has 0 aliphatic carbocycles. The van der Waals surface area contributed by atoms with Gasteiger partial charge in [-0.25, -0.2) is 17.9 Å². The molecular formula is C17H22N6O6S. The van der Waals surface area contributed by atoms with Gasteiger partial charge in [0.05, 0.1) is 19.4 Å². The first-order chi connectivity index (χ1) is 14.2. The standard InChI is InChI=1S/C17H22N6O6S/c1-5-29-22-11(2)10-28-13-8-6-7-9-14(13)30(25,26)23-16(24)20-15-18-12(3)19-17(21-15)27-4/h6-10,22H,5H2,1-4H3,(H2,18,19,20,21,23,24). The van der Waals surface area contributed by atoms with Gasteiger partial charge in [-0.3, -0.25) is 15.6 Å². The highest BCUT2D eigenvalue weighted by Gasteiger charge is 2.22. The van der Waals surface area contributed by atoms with Crippen LogP contribution < -0.4 is 25.0 Å². The predicted octanol–water partition coefficient (Wildman–Crippen LogP) is 1.48. The van der Waals surface area contributed by atoms with E-state index in [9.17, 15) is 13.2 Å². The number of aromatic nitrogens is 3. The lowest BCUT2D eigenvalue weighted by molar-refractivity contribution is 0.0720. The molecule has 0 saturated heterocycles. The van der Waals surface area contributed by atoms with Crippen molar-refractivity contribution in [2.24, 2.45) is 0 Å². The van der Waals surface area contributed by atoms with Gasteiger partial charge in [0.1, 0.15) is 22.7 Å². The van der Waals surface area contributed by atoms with Gasteiger partial charge in [-0.1, -0.05) is 12.1 Å². The molecule has 30 heavy (non-hydrogen) atoms. The van der Waals surface area contributed by atoms with E-state index in [-0.39, 0.29) is 28.4 Å². The van der Waals surface area contributed by atoms with Crippen molar-refractivity contribution in [1.29, 1.82) is 0 Å². The van der Waals surface area contributed by atoms with E-state index in [4.69, 9.17) is 14.3 Å². The Kier molecular flexibility index (Phi) is 7.89. The van der Waals surface area contributed by atoms with Gasteiger partial charge < -0.3 is 9.47 Å². The topological polar surface area (TPSA) is 154 Å². The highest BCUT2D eigenvalue weighted by molar-refractivity contribution is 7.90. The number of benzene rings is 1. The Morgan fingerprint density at radius 2 is 1.93 bits per heavy atom. The van der Waals surface area contributed by atoms with Crippen molar-refractivity contribution in [2.45, 2.75) is 25.7 Å². The van der Waals surface area contributed by atoms with Gasteiger partial charge in [0.2, 0.25) is 5.95 Å². The Hall–Kier alpha value is -3.45. The first-order valence-electron chi connectivity index (χ1n) is 8.66. The molecule has 1 aromatic heterocycles. The van der Waals surface area contributed by atoms with Gasteiger partial charge in [0.25, 0.3) is 10.0 Å². The predicted molar refractivity (Wildman–Crippen MR) is 106 cm³/mol. The first-order valence-corrected chi connectivity index (χ1v) is 10.1. The van der Waals surface area contributed by atoms with E-state index in [0.29, 0.717) is 12.3 Å². The van der Waals surface area contributed by atoms with E-state index in [1.807, 2.05) is 4.72 Å². The van der Waals surface area contributed by atoms with E-state index in [2.05, 4.69) is 25.7 Å². The maximum absolute atomic E-state index is 12.7. The summed E-state index contributed by atoms with van der Waals surface area (Å²) in [5, 5.41) is 2.23. The summed E-state index contributed by atoms with van der Waals surface area (Å²) in [4.78, 5) is 28.5. The number of nitrogens with one attached hydrogen (secondary N) is 3. The maximum atomic E-state index is 12.7. The Labute approximate surface area is 173 Å². The minimum atomic E-state index is -4.27. The molecule has 162 valence electrons. The summed E-state index contributed by atoms with van der Waals surface area (Å²) in [6.07, 6.45) is 1.28. The molecule has 13 heteroatoms. The van der Waals surface area contributed by atoms with Crippen LogP contribution in [-0.4, -0.2) is 43.1 Å². The maximum Gasteiger partial charge on any atom is 0.335 e. The van der Waals surface area contributed by atoms with E-state index in [1.54, 1.807) is 26.8 Å². The molecule has 12 nitrogen and oxygen atoms in total. The summed E-state index contributed by atoms with van der Waals surface area (Å²) in [5.41, 5.74) is 3.12. The van der Waals surface area contributed by atoms with Crippen molar-refractivity contribution in [2.75, 3.05) is 19.0 Å². The van der Waals surface area contributed by atoms with Crippen LogP contribution in [0.1, 0.15) is 19.7 Å². The lowest BCUT2D eigenvalue weighted by Crippen LogP contribution is -2.35. The molecule has 2 rings (SSSR count). The van der Waals surface area contributed by atoms with Crippen molar-refractivity contribution in [3.05, 3.63) is 42.0 Å². The largest absolute Gasteiger partial charge is 0.467 e. The zero-order chi connectivity index (χ0) is 22.1. The number of hydrogen-bond acceptors (Lipinski definition) is 10. The van der Waals surface area contributed by atoms with Crippen LogP contribution >= 0.6 is 0 Å². The number of urea groups is 1. The Morgan fingerprint density at radius 3 is 2.63 bits per heavy atom. The van der Waals surface area contributed by atoms with E-state index >= 15 is 0 Å². The number of carbonyl (C=O) groups excluding carboxylic acids is 1. The van der Waals surface area contributed by atoms with Crippen LogP contribution in [0.25, 0.3) is 0 Å². The quantitative estimate of drug-likeness (QED) is 0.387. The monoisotopic (exact) mass is 438 g/mol. The van der Waals surface area contributed by atoms with Crippen LogP contribution in [0.15, 0.2) is 41.1 Å². The number of aryl methyl sites for hydroxylation is 1. The van der Waals surface area contributed by atoms with Gasteiger partial charge in [-0.05, 0) is 32.9 Å². The number of carbonyl (C=O) groups is 1. The normalized spacial score (nSPS) is 11.5. The lowest BCUT2D eigenvalue weighted by atomic mass is 10.3. The molecule has 1 aromatic carbocycles. The smallest absolute Gasteiger partial charge is 0.335 e. The summed E-state index contributed by atoms with van der Waals surface area (Å²) >= 11 is 0. The Balaban J connectivity index is 2.15. The number of methoxy groups -OCH3 is 1. The SMILES string of the molecule is CCONC(C)=COc1ccccc1S(=O)(=O)NC(=O)Nc1nc(C)nc(OC)n1. The number of anilines is 1. The second kappa shape index (κ2) is 10.4. The third-order valence-electron chi connectivity index (χ3n) is 3.24. The van der Waals surface area contributed by atoms with Gasteiger partial charge in [0.15, 0.2) is 0 Å². The molecule has 0 aliphatic heterocycles. The molecule has 0 bridgehead atoms. The zero-order valence-corrected chi connectivity index (χ0v) is 17.6. The summed E-state index contributed by atoms with van der Waals surface area (Å²) in [7, 11) is -2.92. The van der Waals surface area contributed by atoms with Crippen molar-refractivity contribution in [3.8, 4) is 11.8 Å². The van der Waals surface area contributed by atoms with Crippen molar-refractivity contribution in [3.63, 3.8) is 0 Å². The second-order valence-corrected chi connectivity index (χ2v) is 7.30. The molecule has 2 amide bonds. The van der Waals surface area contributed by atoms with Gasteiger partial charge >= 0.3 is 12.0 Å². The van der Waals surface area contributed by atoms with Gasteiger partial charge in [-0.2, -0.15) is 15.0 Å². The van der Waals surface area contributed by atoms with Crippen molar-refractivity contribution >= 4 is 22.0 Å². The van der Waals surface area contributed by atoms with Gasteiger partial charge in [-0.15, -0.1) is 0 Å². The van der Waals surface area contributed by atoms with E-state index < -0.39 is 16.1 Å². The molecule has 0 saturated carbocycles. The number of nitrogens with zero attached hydrogens (tertiary/aromatic N) is 3. The molecule has 3 N–H and O–H groups in total. The molecule has 0 fully saturated rings. The van der Waals surface area contributed by atoms with Crippen LogP contribution in [0.2, 0.25) is 0 Å². The minimum absolute atomic E-state index is 0.00752. The number of amides is 2. The summed E-state index contributed by atoms with van der Waals surface area (Å²) in [6, 6.07) is 4.73. The fraction of sp³-hybridized carbons (Fsp3) is 0.294. The average Bonchev–Trinajstić information content (AvgIpc) is 2.69. The number of rotatable bonds is 9. The molecule has 0 radical (unpaired) electrons. The first kappa shape index (κ1) is 22.8. The number of ether oxygens (including phenoxy) is 2. The molecule has 2 aromatic rings. The fourth-order valence-electron chi connectivity index (χ4n) is 2.04. The van der Waals surface area contributed by atoms with Gasteiger partial charge in [0, 0.05) is 0 Å². The molecule has 0 unspecified atom stereocenters. The van der Waals surface area contributed by atoms with Crippen LogP contribution in [0, 0.1) is 6.92 Å². The van der Waals surface area contributed by atoms with Crippen molar-refractivity contribution < 1.29 is 27.5 Å². The fourth-order valence-corrected chi connectivity index (χ4v) is 3.08.